The van der Waals surface area contributed by atoms with Gasteiger partial charge >= 0.3 is 0 Å². The number of nitrogens with zero attached hydrogens (tertiary/aromatic N) is 1. The maximum Gasteiger partial charge on any atom is 0.219 e. The van der Waals surface area contributed by atoms with Crippen LogP contribution in [0.3, 0.4) is 0 Å². The molecule has 0 aromatic rings. The zero-order valence-corrected chi connectivity index (χ0v) is 5.75. The molecule has 0 saturated carbocycles. The molecule has 4 nitrogen and oxygen atoms in total. The van der Waals surface area contributed by atoms with Gasteiger partial charge in [0, 0.05) is 13.0 Å². The van der Waals surface area contributed by atoms with Gasteiger partial charge in [0.05, 0.1) is 19.3 Å². The summed E-state index contributed by atoms with van der Waals surface area (Å²) in [5.41, 5.74) is 4.97. The number of carbonyl (C=O) groups is 1. The van der Waals surface area contributed by atoms with Crippen molar-refractivity contribution in [3.63, 3.8) is 0 Å². The standard InChI is InChI=1S/C6H11N2O2/c7-6(9)3-5-4-10-2-1-8-5/h5H,1-4H2,(H2,7,9). The van der Waals surface area contributed by atoms with Gasteiger partial charge in [0.15, 0.2) is 0 Å². The van der Waals surface area contributed by atoms with Crippen LogP contribution >= 0.6 is 0 Å². The molecule has 1 aliphatic heterocycles. The molecule has 1 amide bonds. The molecule has 0 aliphatic carbocycles. The molecular formula is C6H11N2O2. The summed E-state index contributed by atoms with van der Waals surface area (Å²) in [4.78, 5) is 10.4. The van der Waals surface area contributed by atoms with E-state index in [0.29, 0.717) is 26.2 Å². The average molecular weight is 143 g/mol. The summed E-state index contributed by atoms with van der Waals surface area (Å²) in [6, 6.07) is 0.00579. The Morgan fingerprint density at radius 2 is 2.60 bits per heavy atom. The van der Waals surface area contributed by atoms with E-state index in [-0.39, 0.29) is 11.9 Å². The van der Waals surface area contributed by atoms with Gasteiger partial charge < -0.3 is 10.5 Å². The summed E-state index contributed by atoms with van der Waals surface area (Å²) in [5.74, 6) is -0.306. The Balaban J connectivity index is 2.19. The van der Waals surface area contributed by atoms with Crippen molar-refractivity contribution < 1.29 is 9.53 Å². The third kappa shape index (κ3) is 2.33. The number of primary amides is 1. The second-order valence-electron chi connectivity index (χ2n) is 2.31. The highest BCUT2D eigenvalue weighted by atomic mass is 16.5. The fourth-order valence-corrected chi connectivity index (χ4v) is 0.928. The molecule has 1 heterocycles. The van der Waals surface area contributed by atoms with E-state index in [1.165, 1.54) is 0 Å². The van der Waals surface area contributed by atoms with E-state index >= 15 is 0 Å². The second kappa shape index (κ2) is 3.53. The van der Waals surface area contributed by atoms with Gasteiger partial charge in [-0.2, -0.15) is 0 Å². The molecule has 1 atom stereocenters. The predicted octanol–water partition coefficient (Wildman–Crippen LogP) is -1.13. The number of ether oxygens (including phenoxy) is 1. The van der Waals surface area contributed by atoms with Crippen molar-refractivity contribution in [2.75, 3.05) is 19.8 Å². The van der Waals surface area contributed by atoms with Crippen molar-refractivity contribution in [1.82, 2.24) is 5.32 Å². The minimum Gasteiger partial charge on any atom is -0.378 e. The van der Waals surface area contributed by atoms with Crippen molar-refractivity contribution in [3.05, 3.63) is 0 Å². The summed E-state index contributed by atoms with van der Waals surface area (Å²) in [6.45, 7) is 1.91. The molecule has 1 radical (unpaired) electrons. The predicted molar refractivity (Wildman–Crippen MR) is 35.4 cm³/mol. The maximum atomic E-state index is 10.4. The van der Waals surface area contributed by atoms with Crippen LogP contribution in [0.15, 0.2) is 0 Å². The first kappa shape index (κ1) is 7.50. The molecule has 0 spiro atoms. The van der Waals surface area contributed by atoms with Crippen LogP contribution < -0.4 is 11.1 Å². The van der Waals surface area contributed by atoms with Crippen molar-refractivity contribution in [2.24, 2.45) is 5.73 Å². The van der Waals surface area contributed by atoms with Gasteiger partial charge in [-0.1, -0.05) is 0 Å². The largest absolute Gasteiger partial charge is 0.378 e. The number of hydrogen-bond acceptors (Lipinski definition) is 2. The minimum atomic E-state index is -0.306. The van der Waals surface area contributed by atoms with E-state index in [0.717, 1.165) is 0 Å². The summed E-state index contributed by atoms with van der Waals surface area (Å²) in [5, 5.41) is 4.14. The minimum absolute atomic E-state index is 0.00579. The van der Waals surface area contributed by atoms with Crippen LogP contribution in [0.2, 0.25) is 0 Å². The Morgan fingerprint density at radius 3 is 3.10 bits per heavy atom. The van der Waals surface area contributed by atoms with Gasteiger partial charge in [0.25, 0.3) is 0 Å². The van der Waals surface area contributed by atoms with Crippen LogP contribution in [0.5, 0.6) is 0 Å². The van der Waals surface area contributed by atoms with Gasteiger partial charge in [-0.3, -0.25) is 4.79 Å². The zero-order chi connectivity index (χ0) is 7.40. The highest BCUT2D eigenvalue weighted by molar-refractivity contribution is 5.74. The molecule has 1 rings (SSSR count). The van der Waals surface area contributed by atoms with E-state index in [4.69, 9.17) is 10.5 Å². The van der Waals surface area contributed by atoms with Crippen molar-refractivity contribution >= 4 is 5.91 Å². The van der Waals surface area contributed by atoms with Gasteiger partial charge in [-0.15, -0.1) is 0 Å². The Labute approximate surface area is 59.7 Å². The third-order valence-electron chi connectivity index (χ3n) is 1.37. The lowest BCUT2D eigenvalue weighted by Gasteiger charge is -2.20. The van der Waals surface area contributed by atoms with Crippen molar-refractivity contribution in [2.45, 2.75) is 12.5 Å². The first-order chi connectivity index (χ1) is 4.79. The molecular weight excluding hydrogens is 132 g/mol. The molecule has 57 valence electrons. The van der Waals surface area contributed by atoms with Gasteiger partial charge in [-0.25, -0.2) is 5.32 Å². The maximum absolute atomic E-state index is 10.4. The van der Waals surface area contributed by atoms with Crippen LogP contribution in [0.4, 0.5) is 0 Å². The quantitative estimate of drug-likeness (QED) is 0.531. The number of amides is 1. The zero-order valence-electron chi connectivity index (χ0n) is 5.75. The normalized spacial score (nSPS) is 26.2. The summed E-state index contributed by atoms with van der Waals surface area (Å²) >= 11 is 0. The summed E-state index contributed by atoms with van der Waals surface area (Å²) < 4.78 is 5.08. The lowest BCUT2D eigenvalue weighted by atomic mass is 10.2. The van der Waals surface area contributed by atoms with E-state index in [1.54, 1.807) is 0 Å². The second-order valence-corrected chi connectivity index (χ2v) is 2.31. The molecule has 10 heavy (non-hydrogen) atoms. The smallest absolute Gasteiger partial charge is 0.219 e. The van der Waals surface area contributed by atoms with E-state index in [9.17, 15) is 4.79 Å². The van der Waals surface area contributed by atoms with Crippen molar-refractivity contribution in [1.29, 1.82) is 0 Å². The number of morpholine rings is 1. The number of hydrogen-bond donors (Lipinski definition) is 1. The number of rotatable bonds is 2. The van der Waals surface area contributed by atoms with Crippen LogP contribution in [0, 0.1) is 0 Å². The first-order valence-corrected chi connectivity index (χ1v) is 3.31. The fourth-order valence-electron chi connectivity index (χ4n) is 0.928. The van der Waals surface area contributed by atoms with Crippen molar-refractivity contribution in [3.8, 4) is 0 Å². The number of carbonyl (C=O) groups excluding carboxylic acids is 1. The Kier molecular flexibility index (Phi) is 2.65. The summed E-state index contributed by atoms with van der Waals surface area (Å²) in [7, 11) is 0. The molecule has 1 fully saturated rings. The monoisotopic (exact) mass is 143 g/mol. The molecule has 0 aromatic heterocycles. The third-order valence-corrected chi connectivity index (χ3v) is 1.37. The molecule has 2 N–H and O–H groups in total. The highest BCUT2D eigenvalue weighted by Gasteiger charge is 2.15. The van der Waals surface area contributed by atoms with Gasteiger partial charge in [0.1, 0.15) is 0 Å². The van der Waals surface area contributed by atoms with Crippen LogP contribution in [-0.4, -0.2) is 31.7 Å². The van der Waals surface area contributed by atoms with Crippen LogP contribution in [0.25, 0.3) is 0 Å². The van der Waals surface area contributed by atoms with Crippen LogP contribution in [0.1, 0.15) is 6.42 Å². The Morgan fingerprint density at radius 1 is 1.80 bits per heavy atom. The lowest BCUT2D eigenvalue weighted by Crippen LogP contribution is -2.38. The van der Waals surface area contributed by atoms with Crippen LogP contribution in [-0.2, 0) is 9.53 Å². The first-order valence-electron chi connectivity index (χ1n) is 3.31. The topological polar surface area (TPSA) is 66.4 Å². The van der Waals surface area contributed by atoms with E-state index in [2.05, 4.69) is 5.32 Å². The highest BCUT2D eigenvalue weighted by Crippen LogP contribution is 1.98. The lowest BCUT2D eigenvalue weighted by molar-refractivity contribution is -0.119. The van der Waals surface area contributed by atoms with E-state index in [1.807, 2.05) is 0 Å². The molecule has 1 unspecified atom stereocenters. The average Bonchev–Trinajstić information content (AvgIpc) is 1.88. The molecule has 0 aromatic carbocycles. The molecule has 1 aliphatic rings. The Bertz CT molecular complexity index is 121. The summed E-state index contributed by atoms with van der Waals surface area (Å²) in [6.07, 6.45) is 0.319. The fraction of sp³-hybridized carbons (Fsp3) is 0.833. The molecule has 4 heteroatoms. The van der Waals surface area contributed by atoms with Gasteiger partial charge in [0.2, 0.25) is 5.91 Å². The Hall–Kier alpha value is -0.610. The molecule has 1 saturated heterocycles. The SMILES string of the molecule is NC(=O)CC1COCC[N]1. The van der Waals surface area contributed by atoms with Gasteiger partial charge in [-0.05, 0) is 0 Å². The molecule has 0 bridgehead atoms. The number of nitrogens with two attached hydrogens (primary N) is 1. The van der Waals surface area contributed by atoms with E-state index < -0.39 is 0 Å².